The quantitative estimate of drug-likeness (QED) is 0.451. The Morgan fingerprint density at radius 3 is 1.83 bits per heavy atom. The number of hydrogen-bond acceptors (Lipinski definition) is 0. The van der Waals surface area contributed by atoms with Gasteiger partial charge in [0.15, 0.2) is 0 Å². The molecule has 72 valence electrons. The molecule has 0 saturated carbocycles. The molecule has 12 heavy (non-hydrogen) atoms. The van der Waals surface area contributed by atoms with Gasteiger partial charge in [-0.15, -0.1) is 0 Å². The smallest absolute Gasteiger partial charge is 0.0918 e. The van der Waals surface area contributed by atoms with Gasteiger partial charge in [-0.05, 0) is 20.8 Å². The Balaban J connectivity index is 4.40. The maximum absolute atomic E-state index is 2.32. The normalized spacial score (nSPS) is 19.1. The van der Waals surface area contributed by atoms with Gasteiger partial charge in [-0.1, -0.05) is 18.6 Å². The van der Waals surface area contributed by atoms with Gasteiger partial charge < -0.3 is 4.48 Å². The molecule has 0 aromatic rings. The van der Waals surface area contributed by atoms with Crippen molar-refractivity contribution in [1.29, 1.82) is 0 Å². The molecular formula is C11H24N+. The first-order valence-electron chi connectivity index (χ1n) is 4.74. The summed E-state index contributed by atoms with van der Waals surface area (Å²) >= 11 is 0. The summed E-state index contributed by atoms with van der Waals surface area (Å²) < 4.78 is 1.03. The molecule has 1 nitrogen and oxygen atoms in total. The summed E-state index contributed by atoms with van der Waals surface area (Å²) in [5, 5.41) is 0. The maximum Gasteiger partial charge on any atom is 0.0918 e. The Kier molecular flexibility index (Phi) is 3.98. The van der Waals surface area contributed by atoms with Crippen LogP contribution in [0.15, 0.2) is 11.6 Å². The van der Waals surface area contributed by atoms with Crippen LogP contribution in [-0.4, -0.2) is 31.7 Å². The van der Waals surface area contributed by atoms with Crippen molar-refractivity contribution in [3.63, 3.8) is 0 Å². The average molecular weight is 170 g/mol. The van der Waals surface area contributed by atoms with Crippen molar-refractivity contribution < 1.29 is 4.48 Å². The topological polar surface area (TPSA) is 0 Å². The Hall–Kier alpha value is -0.300. The summed E-state index contributed by atoms with van der Waals surface area (Å²) in [6.07, 6.45) is 2.22. The third-order valence-corrected chi connectivity index (χ3v) is 3.12. The second-order valence-corrected chi connectivity index (χ2v) is 4.68. The minimum atomic E-state index is 0.676. The zero-order chi connectivity index (χ0) is 9.94. The van der Waals surface area contributed by atoms with E-state index < -0.39 is 0 Å². The molecule has 0 saturated heterocycles. The highest BCUT2D eigenvalue weighted by Gasteiger charge is 2.25. The highest BCUT2D eigenvalue weighted by atomic mass is 15.3. The van der Waals surface area contributed by atoms with Gasteiger partial charge in [-0.25, -0.2) is 0 Å². The number of allylic oxidation sites excluding steroid dienone is 1. The lowest BCUT2D eigenvalue weighted by molar-refractivity contribution is -0.897. The van der Waals surface area contributed by atoms with Gasteiger partial charge in [0, 0.05) is 5.92 Å². The molecule has 0 spiro atoms. The van der Waals surface area contributed by atoms with Crippen LogP contribution in [0, 0.1) is 5.92 Å². The van der Waals surface area contributed by atoms with Gasteiger partial charge in [-0.2, -0.15) is 0 Å². The summed E-state index contributed by atoms with van der Waals surface area (Å²) in [5.41, 5.74) is 1.50. The highest BCUT2D eigenvalue weighted by molar-refractivity contribution is 5.02. The molecule has 0 aliphatic carbocycles. The monoisotopic (exact) mass is 170 g/mol. The summed E-state index contributed by atoms with van der Waals surface area (Å²) in [6.45, 7) is 8.96. The van der Waals surface area contributed by atoms with Gasteiger partial charge in [0.25, 0.3) is 0 Å². The molecule has 0 radical (unpaired) electrons. The molecule has 2 unspecified atom stereocenters. The average Bonchev–Trinajstić information content (AvgIpc) is 1.98. The van der Waals surface area contributed by atoms with Gasteiger partial charge in [0.05, 0.1) is 27.2 Å². The predicted molar refractivity (Wildman–Crippen MR) is 56.1 cm³/mol. The molecule has 0 heterocycles. The Labute approximate surface area is 77.7 Å². The van der Waals surface area contributed by atoms with Crippen molar-refractivity contribution in [2.75, 3.05) is 21.1 Å². The summed E-state index contributed by atoms with van der Waals surface area (Å²) in [5.74, 6) is 0.676. The first-order valence-corrected chi connectivity index (χ1v) is 4.74. The minimum absolute atomic E-state index is 0.676. The SMILES string of the molecule is CC=C(C)C(C)C(C)[N+](C)(C)C. The van der Waals surface area contributed by atoms with Crippen LogP contribution in [0.5, 0.6) is 0 Å². The number of quaternary nitrogens is 1. The van der Waals surface area contributed by atoms with E-state index >= 15 is 0 Å². The first-order chi connectivity index (χ1) is 5.30. The minimum Gasteiger partial charge on any atom is -0.328 e. The van der Waals surface area contributed by atoms with Crippen molar-refractivity contribution in [2.24, 2.45) is 5.92 Å². The van der Waals surface area contributed by atoms with Crippen molar-refractivity contribution in [1.82, 2.24) is 0 Å². The predicted octanol–water partition coefficient (Wildman–Crippen LogP) is 2.68. The number of nitrogens with zero attached hydrogens (tertiary/aromatic N) is 1. The van der Waals surface area contributed by atoms with E-state index in [4.69, 9.17) is 0 Å². The fraction of sp³-hybridized carbons (Fsp3) is 0.818. The fourth-order valence-electron chi connectivity index (χ4n) is 1.31. The summed E-state index contributed by atoms with van der Waals surface area (Å²) in [7, 11) is 6.76. The summed E-state index contributed by atoms with van der Waals surface area (Å²) in [4.78, 5) is 0. The van der Waals surface area contributed by atoms with Gasteiger partial charge in [-0.3, -0.25) is 0 Å². The second-order valence-electron chi connectivity index (χ2n) is 4.68. The zero-order valence-electron chi connectivity index (χ0n) is 9.68. The molecule has 0 aliphatic heterocycles. The Bertz CT molecular complexity index is 162. The second kappa shape index (κ2) is 4.08. The molecular weight excluding hydrogens is 146 g/mol. The van der Waals surface area contributed by atoms with Crippen LogP contribution in [0.3, 0.4) is 0 Å². The van der Waals surface area contributed by atoms with Crippen molar-refractivity contribution in [2.45, 2.75) is 33.7 Å². The lowest BCUT2D eigenvalue weighted by Gasteiger charge is -2.36. The van der Waals surface area contributed by atoms with E-state index in [-0.39, 0.29) is 0 Å². The lowest BCUT2D eigenvalue weighted by Crippen LogP contribution is -2.47. The van der Waals surface area contributed by atoms with E-state index in [9.17, 15) is 0 Å². The van der Waals surface area contributed by atoms with E-state index in [1.807, 2.05) is 0 Å². The van der Waals surface area contributed by atoms with E-state index in [0.29, 0.717) is 12.0 Å². The standard InChI is InChI=1S/C11H24N/c1-8-9(2)10(3)11(4)12(5,6)7/h8,10-11H,1-7H3/q+1. The van der Waals surface area contributed by atoms with Crippen LogP contribution in [0.1, 0.15) is 27.7 Å². The van der Waals surface area contributed by atoms with Crippen LogP contribution in [0.4, 0.5) is 0 Å². The molecule has 0 aromatic carbocycles. The number of hydrogen-bond donors (Lipinski definition) is 0. The van der Waals surface area contributed by atoms with Crippen LogP contribution >= 0.6 is 0 Å². The molecule has 0 aromatic heterocycles. The molecule has 0 rings (SSSR count). The molecule has 0 fully saturated rings. The first kappa shape index (κ1) is 11.7. The maximum atomic E-state index is 2.32. The van der Waals surface area contributed by atoms with E-state index in [2.05, 4.69) is 54.9 Å². The van der Waals surface area contributed by atoms with Crippen molar-refractivity contribution in [3.05, 3.63) is 11.6 Å². The molecule has 1 heteroatoms. The van der Waals surface area contributed by atoms with Gasteiger partial charge in [0.1, 0.15) is 0 Å². The van der Waals surface area contributed by atoms with Crippen molar-refractivity contribution >= 4 is 0 Å². The molecule has 0 aliphatic rings. The van der Waals surface area contributed by atoms with E-state index in [1.54, 1.807) is 0 Å². The third kappa shape index (κ3) is 2.98. The highest BCUT2D eigenvalue weighted by Crippen LogP contribution is 2.20. The molecule has 0 N–H and O–H groups in total. The van der Waals surface area contributed by atoms with Gasteiger partial charge >= 0.3 is 0 Å². The van der Waals surface area contributed by atoms with Crippen LogP contribution < -0.4 is 0 Å². The van der Waals surface area contributed by atoms with Crippen molar-refractivity contribution in [3.8, 4) is 0 Å². The summed E-state index contributed by atoms with van der Waals surface area (Å²) in [6, 6.07) is 0.682. The largest absolute Gasteiger partial charge is 0.328 e. The van der Waals surface area contributed by atoms with E-state index in [1.165, 1.54) is 5.57 Å². The molecule has 0 bridgehead atoms. The lowest BCUT2D eigenvalue weighted by atomic mass is 9.93. The fourth-order valence-corrected chi connectivity index (χ4v) is 1.31. The third-order valence-electron chi connectivity index (χ3n) is 3.12. The Morgan fingerprint density at radius 1 is 1.17 bits per heavy atom. The van der Waals surface area contributed by atoms with E-state index in [0.717, 1.165) is 4.48 Å². The molecule has 0 amide bonds. The zero-order valence-corrected chi connectivity index (χ0v) is 9.68. The van der Waals surface area contributed by atoms with Crippen LogP contribution in [0.25, 0.3) is 0 Å². The van der Waals surface area contributed by atoms with Crippen LogP contribution in [0.2, 0.25) is 0 Å². The molecule has 2 atom stereocenters. The number of rotatable bonds is 3. The Morgan fingerprint density at radius 2 is 1.58 bits per heavy atom. The van der Waals surface area contributed by atoms with Crippen LogP contribution in [-0.2, 0) is 0 Å². The van der Waals surface area contributed by atoms with Gasteiger partial charge in [0.2, 0.25) is 0 Å².